The van der Waals surface area contributed by atoms with Crippen LogP contribution < -0.4 is 9.47 Å². The number of ether oxygens (including phenoxy) is 6. The number of carbonyl (C=O) groups is 2. The maximum absolute atomic E-state index is 11.8. The Balaban J connectivity index is 2.47. The lowest BCUT2D eigenvalue weighted by molar-refractivity contribution is -0.0518. The molecular weight excluding hydrogens is 368 g/mol. The lowest BCUT2D eigenvalue weighted by atomic mass is 9.97. The van der Waals surface area contributed by atoms with Crippen molar-refractivity contribution in [2.75, 3.05) is 28.4 Å². The summed E-state index contributed by atoms with van der Waals surface area (Å²) in [4.78, 5) is 23.7. The normalized spacial score (nSPS) is 12.3. The minimum Gasteiger partial charge on any atom is -0.497 e. The van der Waals surface area contributed by atoms with Crippen molar-refractivity contribution in [1.29, 1.82) is 0 Å². The van der Waals surface area contributed by atoms with Gasteiger partial charge < -0.3 is 28.4 Å². The third kappa shape index (κ3) is 5.29. The molecule has 0 N–H and O–H groups in total. The monoisotopic (exact) mass is 390 g/mol. The Morgan fingerprint density at radius 2 is 0.929 bits per heavy atom. The van der Waals surface area contributed by atoms with E-state index in [4.69, 9.17) is 18.9 Å². The van der Waals surface area contributed by atoms with Gasteiger partial charge in [0.15, 0.2) is 12.2 Å². The predicted octanol–water partition coefficient (Wildman–Crippen LogP) is 4.05. The molecule has 150 valence electrons. The van der Waals surface area contributed by atoms with Crippen molar-refractivity contribution in [3.8, 4) is 11.5 Å². The quantitative estimate of drug-likeness (QED) is 0.654. The number of benzene rings is 2. The lowest BCUT2D eigenvalue weighted by Gasteiger charge is -2.27. The van der Waals surface area contributed by atoms with Gasteiger partial charge in [0.2, 0.25) is 0 Å². The lowest BCUT2D eigenvalue weighted by Crippen LogP contribution is -2.23. The summed E-state index contributed by atoms with van der Waals surface area (Å²) < 4.78 is 30.4. The first-order chi connectivity index (χ1) is 13.5. The van der Waals surface area contributed by atoms with Crippen LogP contribution in [0.4, 0.5) is 9.59 Å². The highest BCUT2D eigenvalue weighted by molar-refractivity contribution is 5.62. The minimum absolute atomic E-state index is 0.566. The maximum atomic E-state index is 11.8. The second-order valence-electron chi connectivity index (χ2n) is 5.53. The fraction of sp³-hybridized carbons (Fsp3) is 0.300. The molecule has 0 aliphatic carbocycles. The number of methoxy groups -OCH3 is 4. The van der Waals surface area contributed by atoms with E-state index in [1.807, 2.05) is 0 Å². The fourth-order valence-corrected chi connectivity index (χ4v) is 2.50. The summed E-state index contributed by atoms with van der Waals surface area (Å²) in [5.41, 5.74) is 1.13. The van der Waals surface area contributed by atoms with E-state index >= 15 is 0 Å². The smallest absolute Gasteiger partial charge is 0.497 e. The highest BCUT2D eigenvalue weighted by Crippen LogP contribution is 2.37. The molecule has 2 aromatic carbocycles. The molecule has 0 unspecified atom stereocenters. The van der Waals surface area contributed by atoms with E-state index in [0.717, 1.165) is 0 Å². The van der Waals surface area contributed by atoms with Crippen LogP contribution in [0.1, 0.15) is 23.3 Å². The predicted molar refractivity (Wildman–Crippen MR) is 98.5 cm³/mol. The second kappa shape index (κ2) is 10.1. The molecule has 28 heavy (non-hydrogen) atoms. The van der Waals surface area contributed by atoms with Crippen molar-refractivity contribution < 1.29 is 38.0 Å². The number of rotatable bonds is 7. The average molecular weight is 390 g/mol. The minimum atomic E-state index is -0.995. The number of hydrogen-bond acceptors (Lipinski definition) is 8. The molecule has 0 radical (unpaired) electrons. The van der Waals surface area contributed by atoms with E-state index in [-0.39, 0.29) is 0 Å². The molecule has 0 saturated carbocycles. The van der Waals surface area contributed by atoms with Crippen LogP contribution in [0.15, 0.2) is 48.5 Å². The SMILES string of the molecule is COC(=O)O[C@H](c1ccc(OC)cc1)[C@@H](OC(=O)OC)c1ccc(OC)cc1. The van der Waals surface area contributed by atoms with Gasteiger partial charge in [-0.3, -0.25) is 0 Å². The van der Waals surface area contributed by atoms with Gasteiger partial charge in [-0.15, -0.1) is 0 Å². The molecule has 2 rings (SSSR count). The van der Waals surface area contributed by atoms with Crippen molar-refractivity contribution in [3.05, 3.63) is 59.7 Å². The molecule has 8 heteroatoms. The molecule has 2 atom stereocenters. The Kier molecular flexibility index (Phi) is 7.50. The van der Waals surface area contributed by atoms with E-state index in [9.17, 15) is 9.59 Å². The second-order valence-corrected chi connectivity index (χ2v) is 5.53. The summed E-state index contributed by atoms with van der Waals surface area (Å²) in [6.07, 6.45) is -3.84. The molecule has 0 fully saturated rings. The molecule has 0 bridgehead atoms. The average Bonchev–Trinajstić information content (AvgIpc) is 2.75. The zero-order chi connectivity index (χ0) is 20.5. The molecule has 0 saturated heterocycles. The summed E-state index contributed by atoms with van der Waals surface area (Å²) in [6.45, 7) is 0. The number of carbonyl (C=O) groups excluding carboxylic acids is 2. The van der Waals surface area contributed by atoms with Crippen LogP contribution in [0.5, 0.6) is 11.5 Å². The first-order valence-electron chi connectivity index (χ1n) is 8.29. The van der Waals surface area contributed by atoms with Crippen LogP contribution in [-0.4, -0.2) is 40.7 Å². The van der Waals surface area contributed by atoms with Crippen LogP contribution in [0.3, 0.4) is 0 Å². The van der Waals surface area contributed by atoms with Crippen molar-refractivity contribution in [1.82, 2.24) is 0 Å². The zero-order valence-corrected chi connectivity index (χ0v) is 16.0. The molecule has 0 spiro atoms. The standard InChI is InChI=1S/C20H22O8/c1-23-15-9-5-13(6-10-15)17(27-19(21)25-3)18(28-20(22)26-4)14-7-11-16(24-2)12-8-14/h5-12,17-18H,1-4H3/t17-,18+. The van der Waals surface area contributed by atoms with E-state index in [0.29, 0.717) is 22.6 Å². The molecule has 0 aliphatic rings. The van der Waals surface area contributed by atoms with E-state index < -0.39 is 24.5 Å². The van der Waals surface area contributed by atoms with Crippen molar-refractivity contribution in [2.24, 2.45) is 0 Å². The number of hydrogen-bond donors (Lipinski definition) is 0. The molecular formula is C20H22O8. The van der Waals surface area contributed by atoms with Crippen molar-refractivity contribution in [2.45, 2.75) is 12.2 Å². The van der Waals surface area contributed by atoms with Gasteiger partial charge in [-0.1, -0.05) is 24.3 Å². The van der Waals surface area contributed by atoms with Crippen LogP contribution in [0, 0.1) is 0 Å². The van der Waals surface area contributed by atoms with Gasteiger partial charge in [0.25, 0.3) is 0 Å². The Labute approximate surface area is 162 Å². The summed E-state index contributed by atoms with van der Waals surface area (Å²) >= 11 is 0. The van der Waals surface area contributed by atoms with Gasteiger partial charge in [0.05, 0.1) is 28.4 Å². The third-order valence-electron chi connectivity index (χ3n) is 3.94. The molecule has 0 aliphatic heterocycles. The Morgan fingerprint density at radius 1 is 0.607 bits per heavy atom. The molecule has 0 heterocycles. The van der Waals surface area contributed by atoms with Crippen molar-refractivity contribution >= 4 is 12.3 Å². The summed E-state index contributed by atoms with van der Waals surface area (Å²) in [5.74, 6) is 1.24. The summed E-state index contributed by atoms with van der Waals surface area (Å²) in [7, 11) is 5.46. The Hall–Kier alpha value is -3.42. The van der Waals surface area contributed by atoms with Crippen LogP contribution in [-0.2, 0) is 18.9 Å². The first-order valence-corrected chi connectivity index (χ1v) is 8.29. The van der Waals surface area contributed by atoms with Gasteiger partial charge in [0, 0.05) is 0 Å². The van der Waals surface area contributed by atoms with Gasteiger partial charge in [-0.2, -0.15) is 0 Å². The molecule has 0 amide bonds. The third-order valence-corrected chi connectivity index (χ3v) is 3.94. The van der Waals surface area contributed by atoms with Crippen LogP contribution in [0.2, 0.25) is 0 Å². The maximum Gasteiger partial charge on any atom is 0.508 e. The van der Waals surface area contributed by atoms with E-state index in [2.05, 4.69) is 9.47 Å². The van der Waals surface area contributed by atoms with Gasteiger partial charge >= 0.3 is 12.3 Å². The Morgan fingerprint density at radius 3 is 1.18 bits per heavy atom. The zero-order valence-electron chi connectivity index (χ0n) is 16.0. The van der Waals surface area contributed by atoms with Gasteiger partial charge in [-0.05, 0) is 35.4 Å². The van der Waals surface area contributed by atoms with Crippen LogP contribution in [0.25, 0.3) is 0 Å². The van der Waals surface area contributed by atoms with E-state index in [1.54, 1.807) is 48.5 Å². The largest absolute Gasteiger partial charge is 0.508 e. The van der Waals surface area contributed by atoms with Gasteiger partial charge in [0.1, 0.15) is 11.5 Å². The highest BCUT2D eigenvalue weighted by atomic mass is 16.8. The topological polar surface area (TPSA) is 89.5 Å². The first kappa shape index (κ1) is 20.9. The van der Waals surface area contributed by atoms with E-state index in [1.165, 1.54) is 28.4 Å². The van der Waals surface area contributed by atoms with Crippen LogP contribution >= 0.6 is 0 Å². The summed E-state index contributed by atoms with van der Waals surface area (Å²) in [6, 6.07) is 13.6. The molecule has 0 aromatic heterocycles. The Bertz CT molecular complexity index is 702. The molecule has 2 aromatic rings. The van der Waals surface area contributed by atoms with Crippen molar-refractivity contribution in [3.63, 3.8) is 0 Å². The van der Waals surface area contributed by atoms with Gasteiger partial charge in [-0.25, -0.2) is 9.59 Å². The highest BCUT2D eigenvalue weighted by Gasteiger charge is 2.33. The molecule has 8 nitrogen and oxygen atoms in total. The summed E-state index contributed by atoms with van der Waals surface area (Å²) in [5, 5.41) is 0. The fourth-order valence-electron chi connectivity index (χ4n) is 2.50.